The van der Waals surface area contributed by atoms with E-state index in [1.165, 1.54) is 0 Å². The Morgan fingerprint density at radius 2 is 1.83 bits per heavy atom. The Labute approximate surface area is 145 Å². The van der Waals surface area contributed by atoms with E-state index in [2.05, 4.69) is 4.99 Å². The summed E-state index contributed by atoms with van der Waals surface area (Å²) in [5.74, 6) is 1.49. The molecule has 122 valence electrons. The average molecular weight is 338 g/mol. The number of ether oxygens (including phenoxy) is 1. The average Bonchev–Trinajstić information content (AvgIpc) is 2.92. The van der Waals surface area contributed by atoms with Crippen molar-refractivity contribution in [2.75, 3.05) is 17.8 Å². The molecule has 1 amide bonds. The van der Waals surface area contributed by atoms with Crippen molar-refractivity contribution in [3.63, 3.8) is 0 Å². The van der Waals surface area contributed by atoms with Gasteiger partial charge in [-0.2, -0.15) is 0 Å². The number of amidine groups is 1. The zero-order valence-corrected chi connectivity index (χ0v) is 14.4. The molecule has 0 aromatic heterocycles. The highest BCUT2D eigenvalue weighted by molar-refractivity contribution is 8.14. The highest BCUT2D eigenvalue weighted by Gasteiger charge is 2.31. The van der Waals surface area contributed by atoms with E-state index in [0.717, 1.165) is 22.8 Å². The number of methoxy groups -OCH3 is 1. The lowest BCUT2D eigenvalue weighted by atomic mass is 10.2. The summed E-state index contributed by atoms with van der Waals surface area (Å²) in [6.07, 6.45) is 1.82. The molecule has 3 rings (SSSR count). The molecule has 0 spiro atoms. The molecule has 2 aromatic rings. The standard InChI is InChI=1S/C19H18N2O2S/c1-3-24-19-20-17(13-14-7-5-4-6-8-14)18(22)21(19)15-9-11-16(23-2)12-10-15/h4-13H,3H2,1-2H3/b17-13-. The van der Waals surface area contributed by atoms with E-state index in [1.54, 1.807) is 23.8 Å². The Morgan fingerprint density at radius 1 is 1.12 bits per heavy atom. The second kappa shape index (κ2) is 7.36. The quantitative estimate of drug-likeness (QED) is 0.785. The van der Waals surface area contributed by atoms with Crippen molar-refractivity contribution in [2.45, 2.75) is 6.92 Å². The Kier molecular flexibility index (Phi) is 5.01. The van der Waals surface area contributed by atoms with Gasteiger partial charge < -0.3 is 4.74 Å². The van der Waals surface area contributed by atoms with E-state index in [0.29, 0.717) is 10.9 Å². The van der Waals surface area contributed by atoms with Crippen molar-refractivity contribution < 1.29 is 9.53 Å². The lowest BCUT2D eigenvalue weighted by Crippen LogP contribution is -2.30. The smallest absolute Gasteiger partial charge is 0.283 e. The van der Waals surface area contributed by atoms with Crippen LogP contribution in [-0.2, 0) is 4.79 Å². The van der Waals surface area contributed by atoms with Crippen molar-refractivity contribution in [1.82, 2.24) is 0 Å². The first-order chi connectivity index (χ1) is 11.7. The lowest BCUT2D eigenvalue weighted by Gasteiger charge is -2.17. The summed E-state index contributed by atoms with van der Waals surface area (Å²) >= 11 is 1.55. The normalized spacial score (nSPS) is 15.8. The second-order valence-corrected chi connectivity index (χ2v) is 6.34. The summed E-state index contributed by atoms with van der Waals surface area (Å²) in [5.41, 5.74) is 2.20. The molecule has 5 heteroatoms. The number of thioether (sulfide) groups is 1. The van der Waals surface area contributed by atoms with Gasteiger partial charge in [0.25, 0.3) is 5.91 Å². The van der Waals surface area contributed by atoms with Gasteiger partial charge >= 0.3 is 0 Å². The lowest BCUT2D eigenvalue weighted by molar-refractivity contribution is -0.113. The van der Waals surface area contributed by atoms with Crippen molar-refractivity contribution in [2.24, 2.45) is 4.99 Å². The van der Waals surface area contributed by atoms with Gasteiger partial charge in [0.05, 0.1) is 12.8 Å². The molecular weight excluding hydrogens is 320 g/mol. The van der Waals surface area contributed by atoms with E-state index < -0.39 is 0 Å². The molecule has 0 fully saturated rings. The number of amides is 1. The minimum absolute atomic E-state index is 0.111. The summed E-state index contributed by atoms with van der Waals surface area (Å²) in [4.78, 5) is 19.0. The molecule has 0 bridgehead atoms. The van der Waals surface area contributed by atoms with Crippen LogP contribution in [0.4, 0.5) is 5.69 Å². The van der Waals surface area contributed by atoms with E-state index in [9.17, 15) is 4.79 Å². The topological polar surface area (TPSA) is 41.9 Å². The molecule has 0 N–H and O–H groups in total. The fraction of sp³-hybridized carbons (Fsp3) is 0.158. The van der Waals surface area contributed by atoms with E-state index in [-0.39, 0.29) is 5.91 Å². The summed E-state index contributed by atoms with van der Waals surface area (Å²) in [6, 6.07) is 17.2. The van der Waals surface area contributed by atoms with Crippen LogP contribution >= 0.6 is 11.8 Å². The molecule has 0 saturated heterocycles. The first-order valence-electron chi connectivity index (χ1n) is 7.69. The second-order valence-electron chi connectivity index (χ2n) is 5.11. The third-order valence-corrected chi connectivity index (χ3v) is 4.36. The SMILES string of the molecule is CCSC1=N/C(=C\c2ccccc2)C(=O)N1c1ccc(OC)cc1. The van der Waals surface area contributed by atoms with Crippen LogP contribution in [0.15, 0.2) is 65.3 Å². The number of carbonyl (C=O) groups is 1. The van der Waals surface area contributed by atoms with Crippen LogP contribution in [-0.4, -0.2) is 23.9 Å². The van der Waals surface area contributed by atoms with E-state index in [4.69, 9.17) is 4.74 Å². The van der Waals surface area contributed by atoms with E-state index >= 15 is 0 Å². The molecule has 0 aliphatic carbocycles. The number of benzene rings is 2. The summed E-state index contributed by atoms with van der Waals surface area (Å²) in [5, 5.41) is 0.704. The Morgan fingerprint density at radius 3 is 2.46 bits per heavy atom. The minimum atomic E-state index is -0.111. The molecule has 2 aromatic carbocycles. The molecule has 1 heterocycles. The van der Waals surface area contributed by atoms with Gasteiger partial charge in [0.1, 0.15) is 11.4 Å². The molecule has 4 nitrogen and oxygen atoms in total. The van der Waals surface area contributed by atoms with Gasteiger partial charge in [-0.05, 0) is 41.7 Å². The maximum atomic E-state index is 12.8. The van der Waals surface area contributed by atoms with Crippen LogP contribution < -0.4 is 9.64 Å². The molecule has 0 unspecified atom stereocenters. The number of rotatable bonds is 4. The molecular formula is C19H18N2O2S. The third-order valence-electron chi connectivity index (χ3n) is 3.54. The summed E-state index contributed by atoms with van der Waals surface area (Å²) < 4.78 is 5.18. The van der Waals surface area contributed by atoms with Gasteiger partial charge in [-0.25, -0.2) is 4.99 Å². The molecule has 0 radical (unpaired) electrons. The van der Waals surface area contributed by atoms with Crippen LogP contribution in [0.2, 0.25) is 0 Å². The van der Waals surface area contributed by atoms with Crippen LogP contribution in [0.5, 0.6) is 5.75 Å². The van der Waals surface area contributed by atoms with Crippen molar-refractivity contribution in [3.05, 3.63) is 65.9 Å². The van der Waals surface area contributed by atoms with Crippen LogP contribution in [0.3, 0.4) is 0 Å². The van der Waals surface area contributed by atoms with Crippen LogP contribution in [0.1, 0.15) is 12.5 Å². The van der Waals surface area contributed by atoms with Gasteiger partial charge in [-0.3, -0.25) is 9.69 Å². The fourth-order valence-electron chi connectivity index (χ4n) is 2.39. The number of nitrogens with zero attached hydrogens (tertiary/aromatic N) is 2. The molecule has 1 aliphatic heterocycles. The third kappa shape index (κ3) is 3.36. The molecule has 1 aliphatic rings. The predicted octanol–water partition coefficient (Wildman–Crippen LogP) is 4.19. The maximum Gasteiger partial charge on any atom is 0.283 e. The monoisotopic (exact) mass is 338 g/mol. The maximum absolute atomic E-state index is 12.8. The van der Waals surface area contributed by atoms with E-state index in [1.807, 2.05) is 67.6 Å². The molecule has 0 atom stereocenters. The largest absolute Gasteiger partial charge is 0.497 e. The van der Waals surface area contributed by atoms with Crippen LogP contribution in [0, 0.1) is 0 Å². The van der Waals surface area contributed by atoms with Crippen molar-refractivity contribution >= 4 is 34.6 Å². The Balaban J connectivity index is 1.95. The zero-order chi connectivity index (χ0) is 16.9. The van der Waals surface area contributed by atoms with Crippen molar-refractivity contribution in [1.29, 1.82) is 0 Å². The fourth-order valence-corrected chi connectivity index (χ4v) is 3.13. The number of anilines is 1. The number of hydrogen-bond acceptors (Lipinski definition) is 4. The van der Waals surface area contributed by atoms with Gasteiger partial charge in [0, 0.05) is 0 Å². The highest BCUT2D eigenvalue weighted by Crippen LogP contribution is 2.30. The van der Waals surface area contributed by atoms with Crippen LogP contribution in [0.25, 0.3) is 6.08 Å². The minimum Gasteiger partial charge on any atom is -0.497 e. The highest BCUT2D eigenvalue weighted by atomic mass is 32.2. The van der Waals surface area contributed by atoms with Gasteiger partial charge in [-0.15, -0.1) is 0 Å². The van der Waals surface area contributed by atoms with Gasteiger partial charge in [0.2, 0.25) is 0 Å². The molecule has 24 heavy (non-hydrogen) atoms. The van der Waals surface area contributed by atoms with Gasteiger partial charge in [0.15, 0.2) is 5.17 Å². The van der Waals surface area contributed by atoms with Gasteiger partial charge in [-0.1, -0.05) is 49.0 Å². The summed E-state index contributed by atoms with van der Waals surface area (Å²) in [6.45, 7) is 2.04. The number of hydrogen-bond donors (Lipinski definition) is 0. The number of carbonyl (C=O) groups excluding carboxylic acids is 1. The zero-order valence-electron chi connectivity index (χ0n) is 13.6. The summed E-state index contributed by atoms with van der Waals surface area (Å²) in [7, 11) is 1.62. The molecule has 0 saturated carbocycles. The van der Waals surface area contributed by atoms with Crippen molar-refractivity contribution in [3.8, 4) is 5.75 Å². The Hall–Kier alpha value is -2.53. The number of aliphatic imine (C=N–C) groups is 1. The first-order valence-corrected chi connectivity index (χ1v) is 8.68. The Bertz CT molecular complexity index is 783. The predicted molar refractivity (Wildman–Crippen MR) is 100 cm³/mol. The first kappa shape index (κ1) is 16.3.